The van der Waals surface area contributed by atoms with E-state index in [1.165, 1.54) is 0 Å². The summed E-state index contributed by atoms with van der Waals surface area (Å²) in [6, 6.07) is 15.9. The van der Waals surface area contributed by atoms with Crippen LogP contribution in [0, 0.1) is 12.3 Å². The molecular weight excluding hydrogens is 282 g/mol. The molecule has 0 bridgehead atoms. The van der Waals surface area contributed by atoms with Gasteiger partial charge in [0.15, 0.2) is 0 Å². The second-order valence-electron chi connectivity index (χ2n) is 7.27. The van der Waals surface area contributed by atoms with Crippen LogP contribution in [0.2, 0.25) is 0 Å². The molecule has 0 saturated carbocycles. The molecule has 0 radical (unpaired) electrons. The van der Waals surface area contributed by atoms with Crippen LogP contribution in [-0.4, -0.2) is 11.9 Å². The van der Waals surface area contributed by atoms with Gasteiger partial charge in [0.1, 0.15) is 0 Å². The van der Waals surface area contributed by atoms with Crippen LogP contribution in [0.25, 0.3) is 6.08 Å². The largest absolute Gasteiger partial charge is 0.300 e. The molecule has 0 aromatic heterocycles. The zero-order valence-corrected chi connectivity index (χ0v) is 14.2. The van der Waals surface area contributed by atoms with Gasteiger partial charge in [-0.05, 0) is 36.1 Å². The summed E-state index contributed by atoms with van der Waals surface area (Å²) in [7, 11) is 0. The van der Waals surface area contributed by atoms with Crippen molar-refractivity contribution in [2.24, 2.45) is 5.41 Å². The van der Waals surface area contributed by atoms with Crippen molar-refractivity contribution in [2.45, 2.75) is 33.7 Å². The second kappa shape index (κ2) is 5.69. The van der Waals surface area contributed by atoms with Gasteiger partial charge < -0.3 is 4.90 Å². The molecule has 3 rings (SSSR count). The summed E-state index contributed by atoms with van der Waals surface area (Å²) in [5, 5.41) is 0. The van der Waals surface area contributed by atoms with Crippen molar-refractivity contribution in [3.63, 3.8) is 0 Å². The van der Waals surface area contributed by atoms with Gasteiger partial charge in [-0.1, -0.05) is 68.8 Å². The smallest absolute Gasteiger partial charge is 0.258 e. The first-order valence-electron chi connectivity index (χ1n) is 8.05. The zero-order valence-electron chi connectivity index (χ0n) is 14.2. The number of aryl methyl sites for hydroxylation is 1. The number of benzene rings is 2. The Balaban J connectivity index is 2.09. The van der Waals surface area contributed by atoms with E-state index in [1.54, 1.807) is 0 Å². The fourth-order valence-corrected chi connectivity index (χ4v) is 3.03. The molecule has 0 fully saturated rings. The summed E-state index contributed by atoms with van der Waals surface area (Å²) in [6.45, 7) is 8.55. The van der Waals surface area contributed by atoms with Gasteiger partial charge in [-0.15, -0.1) is 0 Å². The quantitative estimate of drug-likeness (QED) is 0.719. The number of rotatable bonds is 1. The Morgan fingerprint density at radius 1 is 1.00 bits per heavy atom. The monoisotopic (exact) mass is 305 g/mol. The SMILES string of the molecule is Cc1ccc(C(=O)N2c3ccccc3C=CC2C(C)(C)C)cc1. The fraction of sp³-hybridized carbons (Fsp3) is 0.286. The molecule has 0 spiro atoms. The molecule has 0 saturated heterocycles. The summed E-state index contributed by atoms with van der Waals surface area (Å²) in [5.74, 6) is 0.0572. The van der Waals surface area contributed by atoms with E-state index in [0.717, 1.165) is 22.4 Å². The molecule has 1 atom stereocenters. The minimum Gasteiger partial charge on any atom is -0.300 e. The fourth-order valence-electron chi connectivity index (χ4n) is 3.03. The molecule has 1 aliphatic rings. The third kappa shape index (κ3) is 2.94. The van der Waals surface area contributed by atoms with Crippen LogP contribution in [0.3, 0.4) is 0 Å². The average molecular weight is 305 g/mol. The maximum atomic E-state index is 13.2. The standard InChI is InChI=1S/C21H23NO/c1-15-9-11-17(12-10-15)20(23)22-18-8-6-5-7-16(18)13-14-19(22)21(2,3)4/h5-14,19H,1-4H3. The van der Waals surface area contributed by atoms with Crippen LogP contribution in [0.15, 0.2) is 54.6 Å². The Bertz CT molecular complexity index is 750. The van der Waals surface area contributed by atoms with Gasteiger partial charge in [0, 0.05) is 5.56 Å². The molecule has 2 nitrogen and oxygen atoms in total. The highest BCUT2D eigenvalue weighted by Crippen LogP contribution is 2.37. The number of carbonyl (C=O) groups excluding carboxylic acids is 1. The van der Waals surface area contributed by atoms with Crippen molar-refractivity contribution >= 4 is 17.7 Å². The molecule has 0 N–H and O–H groups in total. The third-order valence-electron chi connectivity index (χ3n) is 4.34. The van der Waals surface area contributed by atoms with E-state index in [4.69, 9.17) is 0 Å². The molecule has 1 amide bonds. The van der Waals surface area contributed by atoms with E-state index in [9.17, 15) is 4.79 Å². The molecule has 1 unspecified atom stereocenters. The Morgan fingerprint density at radius 2 is 1.65 bits per heavy atom. The highest BCUT2D eigenvalue weighted by Gasteiger charge is 2.35. The Kier molecular flexibility index (Phi) is 3.85. The Labute approximate surface area is 138 Å². The molecule has 118 valence electrons. The molecule has 1 aliphatic heterocycles. The first-order chi connectivity index (χ1) is 10.9. The number of para-hydroxylation sites is 1. The zero-order chi connectivity index (χ0) is 16.6. The first-order valence-corrected chi connectivity index (χ1v) is 8.05. The lowest BCUT2D eigenvalue weighted by molar-refractivity contribution is 0.0965. The van der Waals surface area contributed by atoms with E-state index in [1.807, 2.05) is 54.3 Å². The molecule has 2 heteroatoms. The lowest BCUT2D eigenvalue weighted by Crippen LogP contribution is -2.48. The molecule has 2 aromatic rings. The van der Waals surface area contributed by atoms with Crippen molar-refractivity contribution in [3.05, 3.63) is 71.3 Å². The summed E-state index contributed by atoms with van der Waals surface area (Å²) in [6.07, 6.45) is 4.28. The van der Waals surface area contributed by atoms with E-state index in [2.05, 4.69) is 39.0 Å². The maximum absolute atomic E-state index is 13.2. The summed E-state index contributed by atoms with van der Waals surface area (Å²) < 4.78 is 0. The summed E-state index contributed by atoms with van der Waals surface area (Å²) in [4.78, 5) is 15.2. The van der Waals surface area contributed by atoms with Crippen molar-refractivity contribution < 1.29 is 4.79 Å². The number of fused-ring (bicyclic) bond motifs is 1. The number of nitrogens with zero attached hydrogens (tertiary/aromatic N) is 1. The minimum absolute atomic E-state index is 0.0335. The number of hydrogen-bond donors (Lipinski definition) is 0. The summed E-state index contributed by atoms with van der Waals surface area (Å²) >= 11 is 0. The van der Waals surface area contributed by atoms with Crippen LogP contribution in [-0.2, 0) is 0 Å². The van der Waals surface area contributed by atoms with E-state index in [0.29, 0.717) is 0 Å². The number of carbonyl (C=O) groups is 1. The number of amides is 1. The van der Waals surface area contributed by atoms with E-state index in [-0.39, 0.29) is 17.4 Å². The third-order valence-corrected chi connectivity index (χ3v) is 4.34. The second-order valence-corrected chi connectivity index (χ2v) is 7.27. The van der Waals surface area contributed by atoms with Gasteiger partial charge in [0.2, 0.25) is 0 Å². The number of hydrogen-bond acceptors (Lipinski definition) is 1. The minimum atomic E-state index is -0.0373. The molecule has 1 heterocycles. The van der Waals surface area contributed by atoms with Crippen LogP contribution in [0.1, 0.15) is 42.3 Å². The van der Waals surface area contributed by atoms with E-state index >= 15 is 0 Å². The number of anilines is 1. The van der Waals surface area contributed by atoms with Crippen molar-refractivity contribution in [1.29, 1.82) is 0 Å². The lowest BCUT2D eigenvalue weighted by atomic mass is 9.82. The molecule has 0 aliphatic carbocycles. The van der Waals surface area contributed by atoms with Gasteiger partial charge in [-0.3, -0.25) is 4.79 Å². The van der Waals surface area contributed by atoms with Gasteiger partial charge in [0.25, 0.3) is 5.91 Å². The van der Waals surface area contributed by atoms with Crippen LogP contribution < -0.4 is 4.90 Å². The van der Waals surface area contributed by atoms with Crippen molar-refractivity contribution in [2.75, 3.05) is 4.90 Å². The Morgan fingerprint density at radius 3 is 2.30 bits per heavy atom. The molecular formula is C21H23NO. The van der Waals surface area contributed by atoms with Crippen molar-refractivity contribution in [3.8, 4) is 0 Å². The van der Waals surface area contributed by atoms with Gasteiger partial charge in [-0.25, -0.2) is 0 Å². The van der Waals surface area contributed by atoms with Crippen LogP contribution in [0.5, 0.6) is 0 Å². The highest BCUT2D eigenvalue weighted by atomic mass is 16.2. The maximum Gasteiger partial charge on any atom is 0.258 e. The molecule has 23 heavy (non-hydrogen) atoms. The van der Waals surface area contributed by atoms with Gasteiger partial charge in [-0.2, -0.15) is 0 Å². The Hall–Kier alpha value is -2.35. The predicted molar refractivity (Wildman–Crippen MR) is 96.7 cm³/mol. The molecule has 2 aromatic carbocycles. The van der Waals surface area contributed by atoms with Crippen LogP contribution in [0.4, 0.5) is 5.69 Å². The lowest BCUT2D eigenvalue weighted by Gasteiger charge is -2.41. The van der Waals surface area contributed by atoms with Gasteiger partial charge in [0.05, 0.1) is 11.7 Å². The normalized spacial score (nSPS) is 17.0. The summed E-state index contributed by atoms with van der Waals surface area (Å²) in [5.41, 5.74) is 3.93. The topological polar surface area (TPSA) is 20.3 Å². The van der Waals surface area contributed by atoms with Crippen molar-refractivity contribution in [1.82, 2.24) is 0 Å². The van der Waals surface area contributed by atoms with Crippen LogP contribution >= 0.6 is 0 Å². The first kappa shape index (κ1) is 15.5. The van der Waals surface area contributed by atoms with Gasteiger partial charge >= 0.3 is 0 Å². The average Bonchev–Trinajstić information content (AvgIpc) is 2.53. The van der Waals surface area contributed by atoms with E-state index < -0.39 is 0 Å². The highest BCUT2D eigenvalue weighted by molar-refractivity contribution is 6.08. The predicted octanol–water partition coefficient (Wildman–Crippen LogP) is 5.08.